The van der Waals surface area contributed by atoms with Gasteiger partial charge in [0.2, 0.25) is 0 Å². The Bertz CT molecular complexity index is 753. The van der Waals surface area contributed by atoms with Gasteiger partial charge in [-0.25, -0.2) is 0 Å². The van der Waals surface area contributed by atoms with Crippen LogP contribution in [0.1, 0.15) is 17.5 Å². The molecular weight excluding hydrogens is 445 g/mol. The van der Waals surface area contributed by atoms with Gasteiger partial charge in [0.1, 0.15) is 6.61 Å². The molecule has 0 amide bonds. The first-order valence-electron chi connectivity index (χ1n) is 7.86. The molecule has 2 aromatic carbocycles. The van der Waals surface area contributed by atoms with Crippen molar-refractivity contribution in [2.45, 2.75) is 19.4 Å². The Morgan fingerprint density at radius 2 is 1.88 bits per heavy atom. The third-order valence-electron chi connectivity index (χ3n) is 3.58. The number of aryl methyl sites for hydroxylation is 1. The van der Waals surface area contributed by atoms with Gasteiger partial charge in [0.05, 0.1) is 12.1 Å². The van der Waals surface area contributed by atoms with Gasteiger partial charge < -0.3 is 14.8 Å². The Morgan fingerprint density at radius 1 is 1.16 bits per heavy atom. The van der Waals surface area contributed by atoms with Crippen LogP contribution in [0.25, 0.3) is 0 Å². The number of nitrogens with one attached hydrogen (secondary N) is 1. The smallest absolute Gasteiger partial charge is 0.162 e. The first-order chi connectivity index (χ1) is 12.1. The van der Waals surface area contributed by atoms with Gasteiger partial charge in [0.15, 0.2) is 11.5 Å². The highest BCUT2D eigenvalue weighted by Crippen LogP contribution is 2.28. The van der Waals surface area contributed by atoms with E-state index in [1.165, 1.54) is 9.13 Å². The van der Waals surface area contributed by atoms with E-state index in [9.17, 15) is 0 Å². The molecule has 0 spiro atoms. The molecule has 1 N–H and O–H groups in total. The summed E-state index contributed by atoms with van der Waals surface area (Å²) in [6.07, 6.45) is 6.84. The number of methoxy groups -OCH3 is 1. The predicted molar refractivity (Wildman–Crippen MR) is 114 cm³/mol. The molecule has 0 aliphatic heterocycles. The predicted octanol–water partition coefficient (Wildman–Crippen LogP) is 4.36. The molecule has 0 unspecified atom stereocenters. The van der Waals surface area contributed by atoms with Crippen LogP contribution in [-0.4, -0.2) is 18.7 Å². The fraction of sp³-hybridized carbons (Fsp3) is 0.250. The van der Waals surface area contributed by atoms with Gasteiger partial charge in [-0.2, -0.15) is 0 Å². The quantitative estimate of drug-likeness (QED) is 0.357. The lowest BCUT2D eigenvalue weighted by Gasteiger charge is -2.12. The summed E-state index contributed by atoms with van der Waals surface area (Å²) < 4.78 is 12.0. The van der Waals surface area contributed by atoms with E-state index in [2.05, 4.69) is 58.1 Å². The summed E-state index contributed by atoms with van der Waals surface area (Å²) in [5, 5.41) is 3.31. The number of terminal acetylenes is 1. The molecule has 0 aliphatic rings. The summed E-state index contributed by atoms with van der Waals surface area (Å²) in [5.74, 6) is 3.79. The topological polar surface area (TPSA) is 30.5 Å². The van der Waals surface area contributed by atoms with Crippen LogP contribution < -0.4 is 14.8 Å². The average Bonchev–Trinajstić information content (AvgIpc) is 2.64. The normalized spacial score (nSPS) is 9.96. The Hall–Kier alpha value is -1.78. The highest BCUT2D eigenvalue weighted by Gasteiger charge is 2.06. The number of halogens is 1. The first-order valence-corrected chi connectivity index (χ1v) is 9.35. The molecule has 0 saturated carbocycles. The molecule has 130 valence electrons. The van der Waals surface area contributed by atoms with E-state index in [4.69, 9.17) is 28.1 Å². The van der Waals surface area contributed by atoms with Crippen molar-refractivity contribution in [2.75, 3.05) is 13.7 Å². The van der Waals surface area contributed by atoms with Crippen molar-refractivity contribution in [3.8, 4) is 23.8 Å². The number of hydrogen-bond donors (Lipinski definition) is 1. The van der Waals surface area contributed by atoms with Crippen LogP contribution in [0.4, 0.5) is 0 Å². The number of ether oxygens (including phenoxy) is 2. The Kier molecular flexibility index (Phi) is 8.02. The molecule has 0 saturated heterocycles. The van der Waals surface area contributed by atoms with Gasteiger partial charge >= 0.3 is 0 Å². The molecule has 0 atom stereocenters. The van der Waals surface area contributed by atoms with Crippen molar-refractivity contribution in [3.63, 3.8) is 0 Å². The van der Waals surface area contributed by atoms with Crippen molar-refractivity contribution in [1.82, 2.24) is 5.32 Å². The highest BCUT2D eigenvalue weighted by molar-refractivity contribution is 14.1. The van der Waals surface area contributed by atoms with Crippen molar-refractivity contribution < 1.29 is 9.47 Å². The van der Waals surface area contributed by atoms with Gasteiger partial charge in [0, 0.05) is 16.5 Å². The zero-order valence-electron chi connectivity index (χ0n) is 14.0. The second-order valence-corrected chi connectivity index (χ2v) is 7.12. The van der Waals surface area contributed by atoms with Gasteiger partial charge in [0.25, 0.3) is 0 Å². The van der Waals surface area contributed by atoms with Crippen LogP contribution in [0.5, 0.6) is 11.5 Å². The summed E-state index contributed by atoms with van der Waals surface area (Å²) >= 11 is 7.73. The van der Waals surface area contributed by atoms with E-state index in [0.717, 1.165) is 29.9 Å². The summed E-state index contributed by atoms with van der Waals surface area (Å²) in [4.78, 5) is 0.852. The molecule has 25 heavy (non-hydrogen) atoms. The minimum Gasteiger partial charge on any atom is -0.493 e. The molecule has 5 heteroatoms. The number of thiocarbonyl (C=S) groups is 1. The van der Waals surface area contributed by atoms with Gasteiger partial charge in [-0.3, -0.25) is 0 Å². The first kappa shape index (κ1) is 19.5. The summed E-state index contributed by atoms with van der Waals surface area (Å²) in [7, 11) is 1.62. The highest BCUT2D eigenvalue weighted by atomic mass is 127. The zero-order chi connectivity index (χ0) is 18.1. The zero-order valence-corrected chi connectivity index (χ0v) is 17.0. The van der Waals surface area contributed by atoms with Crippen LogP contribution in [0.2, 0.25) is 0 Å². The summed E-state index contributed by atoms with van der Waals surface area (Å²) in [5.41, 5.74) is 2.36. The fourth-order valence-corrected chi connectivity index (χ4v) is 2.79. The third-order valence-corrected chi connectivity index (χ3v) is 4.65. The second-order valence-electron chi connectivity index (χ2n) is 5.38. The molecule has 0 aromatic heterocycles. The monoisotopic (exact) mass is 465 g/mol. The van der Waals surface area contributed by atoms with E-state index in [0.29, 0.717) is 11.5 Å². The Morgan fingerprint density at radius 3 is 2.56 bits per heavy atom. The second kappa shape index (κ2) is 10.3. The van der Waals surface area contributed by atoms with E-state index in [1.807, 2.05) is 18.2 Å². The van der Waals surface area contributed by atoms with Crippen LogP contribution in [0, 0.1) is 15.9 Å². The average molecular weight is 465 g/mol. The minimum atomic E-state index is 0.224. The molecule has 0 aliphatic carbocycles. The van der Waals surface area contributed by atoms with Crippen LogP contribution in [0.15, 0.2) is 42.5 Å². The van der Waals surface area contributed by atoms with Crippen molar-refractivity contribution in [1.29, 1.82) is 0 Å². The molecule has 0 radical (unpaired) electrons. The standard InChI is InChI=1S/C20H20INO2S/c1-3-12-24-18-10-6-15(13-19(18)23-2)7-11-20(25)22-14-16-4-8-17(21)9-5-16/h1,4-6,8-10,13H,7,11-12,14H2,2H3,(H,22,25). The third kappa shape index (κ3) is 6.56. The van der Waals surface area contributed by atoms with Crippen molar-refractivity contribution in [3.05, 3.63) is 57.2 Å². The SMILES string of the molecule is C#CCOc1ccc(CCC(=S)NCc2ccc(I)cc2)cc1OC. The van der Waals surface area contributed by atoms with Crippen LogP contribution >= 0.6 is 34.8 Å². The number of benzene rings is 2. The summed E-state index contributed by atoms with van der Waals surface area (Å²) in [6, 6.07) is 14.3. The van der Waals surface area contributed by atoms with Crippen LogP contribution in [-0.2, 0) is 13.0 Å². The van der Waals surface area contributed by atoms with E-state index in [-0.39, 0.29) is 6.61 Å². The molecule has 3 nitrogen and oxygen atoms in total. The van der Waals surface area contributed by atoms with Gasteiger partial charge in [-0.15, -0.1) is 6.42 Å². The number of rotatable bonds is 8. The number of hydrogen-bond acceptors (Lipinski definition) is 3. The Labute approximate surface area is 168 Å². The van der Waals surface area contributed by atoms with Crippen molar-refractivity contribution in [2.24, 2.45) is 0 Å². The lowest BCUT2D eigenvalue weighted by atomic mass is 10.1. The molecule has 2 rings (SSSR count). The maximum absolute atomic E-state index is 5.45. The van der Waals surface area contributed by atoms with E-state index < -0.39 is 0 Å². The Balaban J connectivity index is 1.84. The molecule has 0 heterocycles. The molecule has 2 aromatic rings. The van der Waals surface area contributed by atoms with Crippen LogP contribution in [0.3, 0.4) is 0 Å². The lowest BCUT2D eigenvalue weighted by Crippen LogP contribution is -2.21. The molecule has 0 fully saturated rings. The van der Waals surface area contributed by atoms with E-state index >= 15 is 0 Å². The summed E-state index contributed by atoms with van der Waals surface area (Å²) in [6.45, 7) is 0.972. The lowest BCUT2D eigenvalue weighted by molar-refractivity contribution is 0.330. The molecule has 0 bridgehead atoms. The van der Waals surface area contributed by atoms with Crippen molar-refractivity contribution >= 4 is 39.8 Å². The van der Waals surface area contributed by atoms with Gasteiger partial charge in [-0.05, 0) is 64.4 Å². The minimum absolute atomic E-state index is 0.224. The largest absolute Gasteiger partial charge is 0.493 e. The maximum Gasteiger partial charge on any atom is 0.162 e. The fourth-order valence-electron chi connectivity index (χ4n) is 2.26. The maximum atomic E-state index is 5.45. The molecular formula is C20H20INO2S. The van der Waals surface area contributed by atoms with Gasteiger partial charge in [-0.1, -0.05) is 36.3 Å². The van der Waals surface area contributed by atoms with E-state index in [1.54, 1.807) is 7.11 Å².